The summed E-state index contributed by atoms with van der Waals surface area (Å²) in [5.74, 6) is 2.70. The Morgan fingerprint density at radius 2 is 1.56 bits per heavy atom. The number of pyridine rings is 1. The average Bonchev–Trinajstić information content (AvgIpc) is 3.60. The van der Waals surface area contributed by atoms with Crippen LogP contribution in [0.3, 0.4) is 0 Å². The molecule has 3 heterocycles. The molecule has 0 N–H and O–H groups in total. The number of hydrogen-bond donors (Lipinski definition) is 0. The minimum atomic E-state index is -0.131. The zero-order chi connectivity index (χ0) is 36.0. The summed E-state index contributed by atoms with van der Waals surface area (Å²) in [7, 11) is 0. The molecular formula is C46H48N4OPd. The fourth-order valence-electron chi connectivity index (χ4n) is 7.19. The number of ether oxygens (including phenoxy) is 1. The van der Waals surface area contributed by atoms with E-state index in [1.165, 1.54) is 33.5 Å². The van der Waals surface area contributed by atoms with Crippen LogP contribution in [0, 0.1) is 38.8 Å². The molecule has 0 aliphatic carbocycles. The van der Waals surface area contributed by atoms with Crippen molar-refractivity contribution in [1.82, 2.24) is 19.3 Å². The Labute approximate surface area is 322 Å². The normalized spacial score (nSPS) is 11.8. The van der Waals surface area contributed by atoms with E-state index in [1.807, 2.05) is 12.3 Å². The minimum Gasteiger partial charge on any atom is -0.509 e. The van der Waals surface area contributed by atoms with E-state index in [1.54, 1.807) is 0 Å². The van der Waals surface area contributed by atoms with Crippen LogP contribution in [0.5, 0.6) is 11.5 Å². The molecule has 0 atom stereocenters. The molecule has 0 fully saturated rings. The van der Waals surface area contributed by atoms with Gasteiger partial charge in [-0.3, -0.25) is 4.68 Å². The van der Waals surface area contributed by atoms with Crippen molar-refractivity contribution in [3.05, 3.63) is 131 Å². The van der Waals surface area contributed by atoms with Gasteiger partial charge in [-0.25, -0.2) is 4.98 Å². The van der Waals surface area contributed by atoms with Crippen molar-refractivity contribution < 1.29 is 25.2 Å². The third kappa shape index (κ3) is 7.12. The van der Waals surface area contributed by atoms with Gasteiger partial charge < -0.3 is 9.30 Å². The second-order valence-electron chi connectivity index (χ2n) is 15.3. The summed E-state index contributed by atoms with van der Waals surface area (Å²) in [5, 5.41) is 7.49. The van der Waals surface area contributed by atoms with E-state index in [9.17, 15) is 0 Å². The van der Waals surface area contributed by atoms with Crippen molar-refractivity contribution in [3.8, 4) is 34.1 Å². The van der Waals surface area contributed by atoms with Crippen molar-refractivity contribution >= 4 is 21.8 Å². The first-order valence-corrected chi connectivity index (χ1v) is 18.2. The Hall–Kier alpha value is -4.50. The summed E-state index contributed by atoms with van der Waals surface area (Å²) in [6, 6.07) is 35.0. The largest absolute Gasteiger partial charge is 2.00 e. The molecule has 0 spiro atoms. The summed E-state index contributed by atoms with van der Waals surface area (Å²) in [6.07, 6.45) is 4.80. The van der Waals surface area contributed by atoms with Gasteiger partial charge in [0.2, 0.25) is 0 Å². The minimum absolute atomic E-state index is 0. The molecule has 268 valence electrons. The van der Waals surface area contributed by atoms with Crippen molar-refractivity contribution in [2.75, 3.05) is 0 Å². The Morgan fingerprint density at radius 3 is 2.27 bits per heavy atom. The third-order valence-corrected chi connectivity index (χ3v) is 9.99. The van der Waals surface area contributed by atoms with Gasteiger partial charge in [0, 0.05) is 34.5 Å². The zero-order valence-electron chi connectivity index (χ0n) is 31.8. The van der Waals surface area contributed by atoms with E-state index < -0.39 is 0 Å². The van der Waals surface area contributed by atoms with E-state index in [-0.39, 0.29) is 25.8 Å². The molecule has 0 aliphatic rings. The molecule has 5 nitrogen and oxygen atoms in total. The molecule has 0 bridgehead atoms. The average molecular weight is 779 g/mol. The van der Waals surface area contributed by atoms with Crippen LogP contribution < -0.4 is 4.74 Å². The van der Waals surface area contributed by atoms with E-state index in [0.717, 1.165) is 63.8 Å². The quantitative estimate of drug-likeness (QED) is 0.108. The van der Waals surface area contributed by atoms with E-state index in [4.69, 9.17) is 14.8 Å². The molecule has 4 aromatic carbocycles. The van der Waals surface area contributed by atoms with Gasteiger partial charge in [0.15, 0.2) is 0 Å². The molecule has 0 saturated carbocycles. The molecular weight excluding hydrogens is 731 g/mol. The number of benzene rings is 4. The molecule has 0 amide bonds. The number of hydrogen-bond acceptors (Lipinski definition) is 3. The van der Waals surface area contributed by atoms with E-state index in [2.05, 4.69) is 156 Å². The number of aromatic nitrogens is 4. The molecule has 6 heteroatoms. The molecule has 7 rings (SSSR count). The van der Waals surface area contributed by atoms with Gasteiger partial charge in [0.25, 0.3) is 0 Å². The van der Waals surface area contributed by atoms with Gasteiger partial charge in [0.1, 0.15) is 5.82 Å². The van der Waals surface area contributed by atoms with Gasteiger partial charge in [-0.15, -0.1) is 41.3 Å². The monoisotopic (exact) mass is 778 g/mol. The number of nitrogens with zero attached hydrogens (tertiary/aromatic N) is 4. The maximum Gasteiger partial charge on any atom is 2.00 e. The van der Waals surface area contributed by atoms with Crippen molar-refractivity contribution in [2.24, 2.45) is 5.92 Å². The van der Waals surface area contributed by atoms with Crippen LogP contribution in [0.25, 0.3) is 44.4 Å². The summed E-state index contributed by atoms with van der Waals surface area (Å²) >= 11 is 0. The smallest absolute Gasteiger partial charge is 0.509 e. The predicted molar refractivity (Wildman–Crippen MR) is 211 cm³/mol. The second kappa shape index (κ2) is 14.9. The van der Waals surface area contributed by atoms with Crippen LogP contribution in [-0.4, -0.2) is 19.3 Å². The van der Waals surface area contributed by atoms with E-state index in [0.29, 0.717) is 17.4 Å². The fourth-order valence-corrected chi connectivity index (χ4v) is 7.19. The van der Waals surface area contributed by atoms with E-state index >= 15 is 0 Å². The molecule has 0 radical (unpaired) electrons. The Balaban J connectivity index is 0.00000464. The number of aryl methyl sites for hydroxylation is 4. The Morgan fingerprint density at radius 1 is 0.808 bits per heavy atom. The van der Waals surface area contributed by atoms with Crippen molar-refractivity contribution in [1.29, 1.82) is 0 Å². The number of rotatable bonds is 9. The van der Waals surface area contributed by atoms with Gasteiger partial charge in [-0.1, -0.05) is 83.5 Å². The number of para-hydroxylation sites is 1. The number of fused-ring (bicyclic) bond motifs is 3. The van der Waals surface area contributed by atoms with Gasteiger partial charge in [-0.2, -0.15) is 11.2 Å². The predicted octanol–water partition coefficient (Wildman–Crippen LogP) is 11.8. The molecule has 0 saturated heterocycles. The summed E-state index contributed by atoms with van der Waals surface area (Å²) in [6.45, 7) is 20.0. The third-order valence-electron chi connectivity index (χ3n) is 9.99. The summed E-state index contributed by atoms with van der Waals surface area (Å²) in [5.41, 5.74) is 12.4. The standard InChI is InChI=1S/C46H48N4O.Pd/c1-10-33-22-23-47-43(24-33)49-40-17-12-11-16-38(40)39-20-19-36(28-42(39)49)51-37-26-34(46(7,8)9)25-35(27-37)50-41(21-18-29(2)3)45(32(6)48-50)44-30(4)14-13-15-31(44)5;/h11-17,19-20,22-26,29H,10,18,21H2,1-9H3;/q-2;+2. The first-order chi connectivity index (χ1) is 24.4. The van der Waals surface area contributed by atoms with Gasteiger partial charge in [0.05, 0.1) is 5.69 Å². The first-order valence-electron chi connectivity index (χ1n) is 18.2. The van der Waals surface area contributed by atoms with Crippen LogP contribution in [0.1, 0.15) is 81.6 Å². The summed E-state index contributed by atoms with van der Waals surface area (Å²) in [4.78, 5) is 4.79. The Bertz CT molecular complexity index is 2370. The molecule has 7 aromatic rings. The molecule has 3 aromatic heterocycles. The van der Waals surface area contributed by atoms with Crippen molar-refractivity contribution in [2.45, 2.75) is 87.0 Å². The fraction of sp³-hybridized carbons (Fsp3) is 0.304. The van der Waals surface area contributed by atoms with Crippen LogP contribution in [0.2, 0.25) is 0 Å². The molecule has 0 aliphatic heterocycles. The van der Waals surface area contributed by atoms with Gasteiger partial charge in [-0.05, 0) is 103 Å². The maximum atomic E-state index is 6.73. The molecule has 0 unspecified atom stereocenters. The Kier molecular flexibility index (Phi) is 10.6. The molecule has 52 heavy (non-hydrogen) atoms. The van der Waals surface area contributed by atoms with Crippen LogP contribution in [0.4, 0.5) is 0 Å². The zero-order valence-corrected chi connectivity index (χ0v) is 33.3. The van der Waals surface area contributed by atoms with Crippen LogP contribution >= 0.6 is 0 Å². The summed E-state index contributed by atoms with van der Waals surface area (Å²) < 4.78 is 11.0. The van der Waals surface area contributed by atoms with Crippen LogP contribution in [-0.2, 0) is 38.7 Å². The van der Waals surface area contributed by atoms with Crippen LogP contribution in [0.15, 0.2) is 85.1 Å². The second-order valence-corrected chi connectivity index (χ2v) is 15.3. The van der Waals surface area contributed by atoms with Crippen molar-refractivity contribution in [3.63, 3.8) is 0 Å². The maximum absolute atomic E-state index is 6.73. The SMILES string of the molecule is CCc1ccnc(-n2c3[c-]c(Oc4[c-]c(-n5nc(C)c(-c6c(C)cccc6C)c5CCC(C)C)cc(C(C)(C)C)c4)ccc3c3ccccc32)c1.[Pd+2]. The first kappa shape index (κ1) is 37.3. The topological polar surface area (TPSA) is 44.9 Å². The van der Waals surface area contributed by atoms with Gasteiger partial charge >= 0.3 is 20.4 Å².